The number of halogens is 1. The average molecular weight is 824 g/mol. The number of carbonyl (C=O) groups is 1. The van der Waals surface area contributed by atoms with Gasteiger partial charge in [0, 0.05) is 73.2 Å². The molecule has 0 saturated heterocycles. The Hall–Kier alpha value is -4.55. The largest absolute Gasteiger partial charge is 0.444 e. The first-order valence-electron chi connectivity index (χ1n) is 22.9. The normalized spacial score (nSPS) is 23.2. The molecule has 61 heavy (non-hydrogen) atoms. The molecule has 0 radical (unpaired) electrons. The molecule has 0 spiro atoms. The molecule has 3 unspecified atom stereocenters. The summed E-state index contributed by atoms with van der Waals surface area (Å²) in [6.45, 7) is 13.4. The second kappa shape index (κ2) is 17.7. The van der Waals surface area contributed by atoms with Crippen LogP contribution in [0.4, 0.5) is 9.18 Å². The van der Waals surface area contributed by atoms with Gasteiger partial charge in [0.05, 0.1) is 11.6 Å². The molecule has 4 aromatic carbocycles. The highest BCUT2D eigenvalue weighted by Gasteiger charge is 2.50. The predicted octanol–water partition coefficient (Wildman–Crippen LogP) is 11.3. The number of rotatable bonds is 17. The van der Waals surface area contributed by atoms with Crippen molar-refractivity contribution < 1.29 is 13.9 Å². The maximum atomic E-state index is 16.0. The van der Waals surface area contributed by atoms with Gasteiger partial charge in [0.2, 0.25) is 0 Å². The fourth-order valence-corrected chi connectivity index (χ4v) is 10.2. The second-order valence-electron chi connectivity index (χ2n) is 20.3. The molecule has 2 N–H and O–H groups in total. The van der Waals surface area contributed by atoms with Gasteiger partial charge >= 0.3 is 6.09 Å². The van der Waals surface area contributed by atoms with E-state index in [2.05, 4.69) is 109 Å². The van der Waals surface area contributed by atoms with Crippen molar-refractivity contribution in [1.82, 2.24) is 20.4 Å². The van der Waals surface area contributed by atoms with Crippen LogP contribution in [0.5, 0.6) is 0 Å². The fourth-order valence-electron chi connectivity index (χ4n) is 10.2. The number of benzene rings is 4. The standard InChI is InChI=1S/C53H66FN5O2/c1-36(40-17-10-14-38(26-40)31-55)56-33-53(24-13-25-53)35-59(50(60)61-51(3,4)5)49-30-46(49)43-19-11-18-41(27-43)42-20-21-44(47(54)28-42)37(2)57-32-52(22-12-23-52)34-58(6)48-29-45(48)39-15-8-7-9-16-39/h7-11,14-21,26-28,36-37,45-46,48-49,56-57H,12-13,22-25,29-30,32-35H2,1-6H3/t36?,37?,45-,46?,48+,49+/m1/s1. The lowest BCUT2D eigenvalue weighted by molar-refractivity contribution is 0.000639. The highest BCUT2D eigenvalue weighted by molar-refractivity contribution is 5.70. The van der Waals surface area contributed by atoms with E-state index < -0.39 is 5.60 Å². The number of nitrogens with zero attached hydrogens (tertiary/aromatic N) is 3. The zero-order valence-electron chi connectivity index (χ0n) is 37.2. The summed E-state index contributed by atoms with van der Waals surface area (Å²) in [6.07, 6.45) is 8.75. The Balaban J connectivity index is 0.899. The van der Waals surface area contributed by atoms with Crippen LogP contribution < -0.4 is 10.6 Å². The Bertz CT molecular complexity index is 2200. The lowest BCUT2D eigenvalue weighted by Crippen LogP contribution is -2.52. The van der Waals surface area contributed by atoms with Gasteiger partial charge < -0.3 is 25.2 Å². The number of nitrogens with one attached hydrogen (secondary N) is 2. The molecule has 322 valence electrons. The first-order chi connectivity index (χ1) is 29.2. The highest BCUT2D eigenvalue weighted by atomic mass is 19.1. The number of hydrogen-bond donors (Lipinski definition) is 2. The summed E-state index contributed by atoms with van der Waals surface area (Å²) >= 11 is 0. The van der Waals surface area contributed by atoms with Gasteiger partial charge in [-0.15, -0.1) is 0 Å². The minimum Gasteiger partial charge on any atom is -0.444 e. The molecule has 4 fully saturated rings. The van der Waals surface area contributed by atoms with Gasteiger partial charge in [0.1, 0.15) is 11.4 Å². The zero-order chi connectivity index (χ0) is 42.9. The molecule has 4 saturated carbocycles. The van der Waals surface area contributed by atoms with E-state index in [4.69, 9.17) is 4.74 Å². The third-order valence-electron chi connectivity index (χ3n) is 14.5. The quantitative estimate of drug-likeness (QED) is 0.110. The molecule has 8 rings (SSSR count). The Kier molecular flexibility index (Phi) is 12.5. The number of nitriles is 1. The van der Waals surface area contributed by atoms with Crippen molar-refractivity contribution in [1.29, 1.82) is 5.26 Å². The van der Waals surface area contributed by atoms with Crippen LogP contribution >= 0.6 is 0 Å². The van der Waals surface area contributed by atoms with Crippen molar-refractivity contribution in [3.8, 4) is 17.2 Å². The van der Waals surface area contributed by atoms with Crippen molar-refractivity contribution in [2.45, 2.75) is 128 Å². The van der Waals surface area contributed by atoms with Gasteiger partial charge in [-0.1, -0.05) is 91.7 Å². The van der Waals surface area contributed by atoms with Crippen molar-refractivity contribution >= 4 is 6.09 Å². The third kappa shape index (κ3) is 10.1. The van der Waals surface area contributed by atoms with Crippen LogP contribution in [-0.4, -0.2) is 66.8 Å². The number of carbonyl (C=O) groups excluding carboxylic acids is 1. The van der Waals surface area contributed by atoms with E-state index in [9.17, 15) is 10.1 Å². The van der Waals surface area contributed by atoms with Crippen LogP contribution in [0.15, 0.2) is 97.1 Å². The second-order valence-corrected chi connectivity index (χ2v) is 20.3. The van der Waals surface area contributed by atoms with E-state index in [0.717, 1.165) is 62.0 Å². The molecule has 0 aromatic heterocycles. The van der Waals surface area contributed by atoms with E-state index in [1.165, 1.54) is 36.8 Å². The van der Waals surface area contributed by atoms with Crippen molar-refractivity contribution in [2.75, 3.05) is 33.2 Å². The van der Waals surface area contributed by atoms with Gasteiger partial charge in [-0.2, -0.15) is 5.26 Å². The molecular formula is C53H66FN5O2. The Labute approximate surface area is 364 Å². The fraction of sp³-hybridized carbons (Fsp3) is 0.509. The number of amides is 1. The van der Waals surface area contributed by atoms with Crippen LogP contribution in [0.1, 0.15) is 138 Å². The molecule has 4 aliphatic rings. The number of ether oxygens (including phenoxy) is 1. The predicted molar refractivity (Wildman–Crippen MR) is 243 cm³/mol. The minimum absolute atomic E-state index is 0.0339. The summed E-state index contributed by atoms with van der Waals surface area (Å²) in [7, 11) is 2.29. The van der Waals surface area contributed by atoms with Gasteiger partial charge in [-0.3, -0.25) is 0 Å². The summed E-state index contributed by atoms with van der Waals surface area (Å²) in [5.41, 5.74) is 6.50. The molecule has 7 nitrogen and oxygen atoms in total. The van der Waals surface area contributed by atoms with E-state index in [-0.39, 0.29) is 46.8 Å². The van der Waals surface area contributed by atoms with Gasteiger partial charge in [-0.05, 0) is 132 Å². The molecule has 0 aliphatic heterocycles. The summed E-state index contributed by atoms with van der Waals surface area (Å²) < 4.78 is 22.0. The topological polar surface area (TPSA) is 80.6 Å². The van der Waals surface area contributed by atoms with E-state index in [1.807, 2.05) is 49.9 Å². The molecule has 4 aliphatic carbocycles. The van der Waals surface area contributed by atoms with Crippen LogP contribution in [0.2, 0.25) is 0 Å². The first kappa shape index (κ1) is 43.1. The number of likely N-dealkylation sites (N-methyl/N-ethyl adjacent to an activating group) is 1. The number of hydrogen-bond acceptors (Lipinski definition) is 6. The maximum absolute atomic E-state index is 16.0. The van der Waals surface area contributed by atoms with E-state index in [0.29, 0.717) is 29.6 Å². The van der Waals surface area contributed by atoms with Crippen LogP contribution in [0.25, 0.3) is 11.1 Å². The van der Waals surface area contributed by atoms with Crippen LogP contribution in [0.3, 0.4) is 0 Å². The summed E-state index contributed by atoms with van der Waals surface area (Å²) in [6, 6.07) is 35.7. The molecule has 0 heterocycles. The molecule has 4 aromatic rings. The minimum atomic E-state index is -0.605. The third-order valence-corrected chi connectivity index (χ3v) is 14.5. The Morgan fingerprint density at radius 3 is 2.07 bits per heavy atom. The highest BCUT2D eigenvalue weighted by Crippen LogP contribution is 2.50. The van der Waals surface area contributed by atoms with Gasteiger partial charge in [0.25, 0.3) is 0 Å². The Morgan fingerprint density at radius 1 is 0.787 bits per heavy atom. The van der Waals surface area contributed by atoms with Gasteiger partial charge in [0.15, 0.2) is 0 Å². The molecular weight excluding hydrogens is 758 g/mol. The average Bonchev–Trinajstić information content (AvgIpc) is 4.16. The maximum Gasteiger partial charge on any atom is 0.410 e. The van der Waals surface area contributed by atoms with Crippen LogP contribution in [-0.2, 0) is 4.74 Å². The molecule has 0 bridgehead atoms. The summed E-state index contributed by atoms with van der Waals surface area (Å²) in [4.78, 5) is 18.5. The molecule has 8 heteroatoms. The van der Waals surface area contributed by atoms with Crippen molar-refractivity contribution in [3.63, 3.8) is 0 Å². The monoisotopic (exact) mass is 824 g/mol. The Morgan fingerprint density at radius 2 is 1.41 bits per heavy atom. The molecule has 1 amide bonds. The first-order valence-corrected chi connectivity index (χ1v) is 22.9. The lowest BCUT2D eigenvalue weighted by atomic mass is 9.68. The smallest absolute Gasteiger partial charge is 0.410 e. The SMILES string of the molecule is CC(NCC1(CN(C(=O)OC(C)(C)C)[C@H]2CC2c2cccc(-c3ccc(C(C)NCC4(CN(C)[C@H]5C[C@@H]5c5ccccc5)CCC4)c(F)c3)c2)CCC1)c1cccc(C#N)c1. The zero-order valence-corrected chi connectivity index (χ0v) is 37.2. The van der Waals surface area contributed by atoms with E-state index in [1.54, 1.807) is 6.07 Å². The molecule has 6 atom stereocenters. The van der Waals surface area contributed by atoms with Crippen molar-refractivity contribution in [3.05, 3.63) is 131 Å². The summed E-state index contributed by atoms with van der Waals surface area (Å²) in [5, 5.41) is 16.9. The van der Waals surface area contributed by atoms with E-state index >= 15 is 4.39 Å². The van der Waals surface area contributed by atoms with Crippen LogP contribution in [0, 0.1) is 28.0 Å². The lowest BCUT2D eigenvalue weighted by Gasteiger charge is -2.46. The van der Waals surface area contributed by atoms with Gasteiger partial charge in [-0.25, -0.2) is 9.18 Å². The van der Waals surface area contributed by atoms with Crippen molar-refractivity contribution in [2.24, 2.45) is 10.8 Å². The summed E-state index contributed by atoms with van der Waals surface area (Å²) in [5.74, 6) is 0.634.